The van der Waals surface area contributed by atoms with E-state index in [4.69, 9.17) is 15.7 Å². The molecule has 4 nitrogen and oxygen atoms in total. The van der Waals surface area contributed by atoms with Crippen LogP contribution in [-0.4, -0.2) is 18.6 Å². The Hall–Kier alpha value is -1.86. The van der Waals surface area contributed by atoms with Crippen LogP contribution in [0.25, 0.3) is 0 Å². The van der Waals surface area contributed by atoms with Gasteiger partial charge in [0.05, 0.1) is 24.2 Å². The second kappa shape index (κ2) is 3.71. The Bertz CT molecular complexity index is 419. The van der Waals surface area contributed by atoms with Crippen molar-refractivity contribution in [2.24, 2.45) is 5.73 Å². The van der Waals surface area contributed by atoms with E-state index in [1.165, 1.54) is 0 Å². The van der Waals surface area contributed by atoms with Gasteiger partial charge in [0.2, 0.25) is 5.91 Å². The largest absolute Gasteiger partial charge is 0.367 e. The molecule has 1 aliphatic rings. The van der Waals surface area contributed by atoms with Gasteiger partial charge in [-0.05, 0) is 17.7 Å². The van der Waals surface area contributed by atoms with E-state index < -0.39 is 12.0 Å². The number of amides is 1. The summed E-state index contributed by atoms with van der Waals surface area (Å²) in [6.45, 7) is 0.430. The van der Waals surface area contributed by atoms with Crippen LogP contribution in [0.4, 0.5) is 0 Å². The Kier molecular flexibility index (Phi) is 2.40. The molecule has 75 valence electrons. The molecular formula is C11H9N2O2. The monoisotopic (exact) mass is 201 g/mol. The van der Waals surface area contributed by atoms with E-state index >= 15 is 0 Å². The maximum Gasteiger partial charge on any atom is 0.247 e. The number of nitrogens with two attached hydrogens (primary N) is 1. The fourth-order valence-electron chi connectivity index (χ4n) is 1.50. The molecule has 0 bridgehead atoms. The molecule has 1 fully saturated rings. The van der Waals surface area contributed by atoms with Gasteiger partial charge in [-0.15, -0.1) is 0 Å². The fraction of sp³-hybridized carbons (Fsp3) is 0.182. The zero-order chi connectivity index (χ0) is 10.8. The highest BCUT2D eigenvalue weighted by Crippen LogP contribution is 2.29. The summed E-state index contributed by atoms with van der Waals surface area (Å²) in [5, 5.41) is 8.62. The van der Waals surface area contributed by atoms with Crippen LogP contribution in [0.1, 0.15) is 11.1 Å². The highest BCUT2D eigenvalue weighted by atomic mass is 16.5. The molecule has 1 unspecified atom stereocenters. The van der Waals surface area contributed by atoms with Crippen molar-refractivity contribution in [2.45, 2.75) is 6.10 Å². The number of ether oxygens (including phenoxy) is 1. The molecule has 1 heterocycles. The zero-order valence-electron chi connectivity index (χ0n) is 7.93. The maximum atomic E-state index is 10.9. The molecule has 1 radical (unpaired) electrons. The molecular weight excluding hydrogens is 192 g/mol. The van der Waals surface area contributed by atoms with E-state index in [0.717, 1.165) is 11.5 Å². The molecule has 1 aromatic carbocycles. The average molecular weight is 201 g/mol. The number of nitriles is 1. The number of benzene rings is 1. The number of carbonyl (C=O) groups is 1. The van der Waals surface area contributed by atoms with Crippen LogP contribution >= 0.6 is 0 Å². The number of rotatable bonds is 2. The summed E-state index contributed by atoms with van der Waals surface area (Å²) in [5.74, 6) is 0.410. The summed E-state index contributed by atoms with van der Waals surface area (Å²) in [6.07, 6.45) is -0.599. The highest BCUT2D eigenvalue weighted by molar-refractivity contribution is 5.84. The van der Waals surface area contributed by atoms with Gasteiger partial charge in [-0.25, -0.2) is 0 Å². The van der Waals surface area contributed by atoms with Crippen molar-refractivity contribution >= 4 is 5.91 Å². The van der Waals surface area contributed by atoms with Crippen LogP contribution in [0.15, 0.2) is 24.3 Å². The quantitative estimate of drug-likeness (QED) is 0.750. The van der Waals surface area contributed by atoms with Gasteiger partial charge in [-0.1, -0.05) is 12.1 Å². The van der Waals surface area contributed by atoms with E-state index in [-0.39, 0.29) is 0 Å². The molecule has 1 saturated heterocycles. The predicted molar refractivity (Wildman–Crippen MR) is 52.4 cm³/mol. The van der Waals surface area contributed by atoms with Gasteiger partial charge >= 0.3 is 0 Å². The lowest BCUT2D eigenvalue weighted by Crippen LogP contribution is -2.47. The van der Waals surface area contributed by atoms with E-state index in [9.17, 15) is 4.79 Å². The zero-order valence-corrected chi connectivity index (χ0v) is 7.93. The summed E-state index contributed by atoms with van der Waals surface area (Å²) in [6, 6.07) is 9.04. The van der Waals surface area contributed by atoms with Crippen LogP contribution in [0.5, 0.6) is 0 Å². The van der Waals surface area contributed by atoms with Crippen LogP contribution in [0.2, 0.25) is 0 Å². The third kappa shape index (κ3) is 1.69. The standard InChI is InChI=1S/C11H9N2O2/c12-5-7-1-3-8(4-2-7)9-6-15-10(9)11(13)14/h1-4,10H,6H2,(H2,13,14). The number of hydrogen-bond acceptors (Lipinski definition) is 3. The summed E-state index contributed by atoms with van der Waals surface area (Å²) < 4.78 is 5.04. The Morgan fingerprint density at radius 3 is 2.53 bits per heavy atom. The molecule has 0 saturated carbocycles. The molecule has 1 amide bonds. The number of hydrogen-bond donors (Lipinski definition) is 1. The molecule has 0 aromatic heterocycles. The Labute approximate surface area is 87.3 Å². The van der Waals surface area contributed by atoms with E-state index in [2.05, 4.69) is 0 Å². The SMILES string of the molecule is N#Cc1ccc([C]2COC2C(N)=O)cc1. The third-order valence-electron chi connectivity index (χ3n) is 2.37. The van der Waals surface area contributed by atoms with Crippen molar-refractivity contribution in [3.63, 3.8) is 0 Å². The first kappa shape index (κ1) is 9.69. The summed E-state index contributed by atoms with van der Waals surface area (Å²) in [4.78, 5) is 10.9. The number of carbonyl (C=O) groups excluding carboxylic acids is 1. The van der Waals surface area contributed by atoms with E-state index in [1.54, 1.807) is 24.3 Å². The minimum atomic E-state index is -0.599. The molecule has 1 aliphatic heterocycles. The first-order valence-electron chi connectivity index (χ1n) is 4.49. The van der Waals surface area contributed by atoms with Gasteiger partial charge in [-0.3, -0.25) is 4.79 Å². The second-order valence-electron chi connectivity index (χ2n) is 3.31. The lowest BCUT2D eigenvalue weighted by Gasteiger charge is -2.33. The average Bonchev–Trinajstić information content (AvgIpc) is 2.16. The highest BCUT2D eigenvalue weighted by Gasteiger charge is 2.38. The minimum absolute atomic E-state index is 0.430. The minimum Gasteiger partial charge on any atom is -0.367 e. The lowest BCUT2D eigenvalue weighted by molar-refractivity contribution is -0.135. The second-order valence-corrected chi connectivity index (χ2v) is 3.31. The summed E-state index contributed by atoms with van der Waals surface area (Å²) >= 11 is 0. The summed E-state index contributed by atoms with van der Waals surface area (Å²) in [5.41, 5.74) is 6.64. The molecule has 0 aliphatic carbocycles. The molecule has 2 N–H and O–H groups in total. The lowest BCUT2D eigenvalue weighted by atomic mass is 9.89. The Morgan fingerprint density at radius 1 is 1.47 bits per heavy atom. The molecule has 2 rings (SSSR count). The summed E-state index contributed by atoms with van der Waals surface area (Å²) in [7, 11) is 0. The van der Waals surface area contributed by atoms with Crippen molar-refractivity contribution in [3.8, 4) is 6.07 Å². The van der Waals surface area contributed by atoms with Gasteiger partial charge in [0, 0.05) is 0 Å². The van der Waals surface area contributed by atoms with Gasteiger partial charge in [0.15, 0.2) is 0 Å². The third-order valence-corrected chi connectivity index (χ3v) is 2.37. The maximum absolute atomic E-state index is 10.9. The van der Waals surface area contributed by atoms with Gasteiger partial charge in [0.25, 0.3) is 0 Å². The predicted octanol–water partition coefficient (Wildman–Crippen LogP) is 0.365. The topological polar surface area (TPSA) is 76.1 Å². The fourth-order valence-corrected chi connectivity index (χ4v) is 1.50. The smallest absolute Gasteiger partial charge is 0.247 e. The van der Waals surface area contributed by atoms with Crippen molar-refractivity contribution in [1.29, 1.82) is 5.26 Å². The van der Waals surface area contributed by atoms with Crippen LogP contribution in [0, 0.1) is 17.2 Å². The molecule has 4 heteroatoms. The number of nitrogens with zero attached hydrogens (tertiary/aromatic N) is 1. The first-order valence-corrected chi connectivity index (χ1v) is 4.49. The van der Waals surface area contributed by atoms with Gasteiger partial charge < -0.3 is 10.5 Å². The first-order chi connectivity index (χ1) is 7.22. The van der Waals surface area contributed by atoms with Crippen LogP contribution in [-0.2, 0) is 9.53 Å². The van der Waals surface area contributed by atoms with Crippen molar-refractivity contribution in [1.82, 2.24) is 0 Å². The van der Waals surface area contributed by atoms with Crippen molar-refractivity contribution < 1.29 is 9.53 Å². The van der Waals surface area contributed by atoms with Crippen LogP contribution < -0.4 is 5.73 Å². The van der Waals surface area contributed by atoms with Gasteiger partial charge in [-0.2, -0.15) is 5.26 Å². The Balaban J connectivity index is 2.17. The molecule has 1 atom stereocenters. The molecule has 1 aromatic rings. The van der Waals surface area contributed by atoms with Gasteiger partial charge in [0.1, 0.15) is 6.10 Å². The molecule has 0 spiro atoms. The normalized spacial score (nSPS) is 20.3. The van der Waals surface area contributed by atoms with E-state index in [0.29, 0.717) is 12.2 Å². The number of primary amides is 1. The van der Waals surface area contributed by atoms with Crippen LogP contribution in [0.3, 0.4) is 0 Å². The van der Waals surface area contributed by atoms with Crippen molar-refractivity contribution in [2.75, 3.05) is 6.61 Å². The molecule has 15 heavy (non-hydrogen) atoms. The Morgan fingerprint density at radius 2 is 2.13 bits per heavy atom. The van der Waals surface area contributed by atoms with E-state index in [1.807, 2.05) is 6.07 Å². The van der Waals surface area contributed by atoms with Crippen molar-refractivity contribution in [3.05, 3.63) is 41.3 Å².